The lowest BCUT2D eigenvalue weighted by Crippen LogP contribution is -2.44. The minimum Gasteiger partial charge on any atom is -0.466 e. The minimum atomic E-state index is 0.0123. The second kappa shape index (κ2) is 6.05. The summed E-state index contributed by atoms with van der Waals surface area (Å²) >= 11 is 0. The maximum absolute atomic E-state index is 11.9. The first kappa shape index (κ1) is 13.1. The van der Waals surface area contributed by atoms with Gasteiger partial charge in [0.1, 0.15) is 11.5 Å². The fourth-order valence-corrected chi connectivity index (χ4v) is 2.30. The Morgan fingerprint density at radius 1 is 1.61 bits per heavy atom. The van der Waals surface area contributed by atoms with Gasteiger partial charge < -0.3 is 15.1 Å². The predicted octanol–water partition coefficient (Wildman–Crippen LogP) is 1.78. The summed E-state index contributed by atoms with van der Waals surface area (Å²) in [4.78, 5) is 11.9. The van der Waals surface area contributed by atoms with E-state index in [2.05, 4.69) is 10.6 Å². The molecule has 0 bridgehead atoms. The zero-order chi connectivity index (χ0) is 13.0. The molecular formula is C14H22N2O2. The molecule has 1 aliphatic rings. The van der Waals surface area contributed by atoms with Crippen molar-refractivity contribution in [3.63, 3.8) is 0 Å². The van der Waals surface area contributed by atoms with Gasteiger partial charge in [-0.05, 0) is 51.8 Å². The lowest BCUT2D eigenvalue weighted by Gasteiger charge is -2.16. The number of furan rings is 1. The molecule has 1 aromatic rings. The molecule has 2 heterocycles. The Morgan fingerprint density at radius 2 is 2.44 bits per heavy atom. The van der Waals surface area contributed by atoms with Crippen LogP contribution in [0.5, 0.6) is 0 Å². The Labute approximate surface area is 108 Å². The molecule has 1 amide bonds. The Morgan fingerprint density at radius 3 is 3.06 bits per heavy atom. The summed E-state index contributed by atoms with van der Waals surface area (Å²) < 4.78 is 5.51. The van der Waals surface area contributed by atoms with E-state index in [4.69, 9.17) is 4.42 Å². The Balaban J connectivity index is 1.71. The minimum absolute atomic E-state index is 0.0123. The Kier molecular flexibility index (Phi) is 4.42. The number of carbonyl (C=O) groups excluding carboxylic acids is 1. The zero-order valence-electron chi connectivity index (χ0n) is 11.2. The van der Waals surface area contributed by atoms with E-state index in [0.29, 0.717) is 0 Å². The van der Waals surface area contributed by atoms with E-state index < -0.39 is 0 Å². The maximum atomic E-state index is 11.9. The molecule has 100 valence electrons. The van der Waals surface area contributed by atoms with Gasteiger partial charge in [-0.15, -0.1) is 0 Å². The van der Waals surface area contributed by atoms with Crippen LogP contribution in [-0.2, 0) is 11.2 Å². The number of amides is 1. The van der Waals surface area contributed by atoms with Crippen LogP contribution in [0.1, 0.15) is 37.7 Å². The van der Waals surface area contributed by atoms with Gasteiger partial charge in [-0.2, -0.15) is 0 Å². The van der Waals surface area contributed by atoms with Crippen molar-refractivity contribution in [3.8, 4) is 0 Å². The molecule has 2 rings (SSSR count). The second-order valence-corrected chi connectivity index (χ2v) is 5.11. The standard InChI is InChI=1S/C14H22N2O2/c1-10(5-7-12-8-6-11(2)18-12)16-14(17)13-4-3-9-15-13/h6,8,10,13,15H,3-5,7,9H2,1-2H3,(H,16,17). The number of aryl methyl sites for hydroxylation is 2. The molecule has 1 saturated heterocycles. The van der Waals surface area contributed by atoms with Crippen molar-refractivity contribution < 1.29 is 9.21 Å². The third-order valence-electron chi connectivity index (χ3n) is 3.39. The third kappa shape index (κ3) is 3.60. The maximum Gasteiger partial charge on any atom is 0.237 e. The lowest BCUT2D eigenvalue weighted by atomic mass is 10.1. The molecule has 0 radical (unpaired) electrons. The van der Waals surface area contributed by atoms with Crippen LogP contribution in [0, 0.1) is 6.92 Å². The monoisotopic (exact) mass is 250 g/mol. The van der Waals surface area contributed by atoms with Crippen LogP contribution in [0.2, 0.25) is 0 Å². The van der Waals surface area contributed by atoms with Crippen molar-refractivity contribution in [2.75, 3.05) is 6.54 Å². The van der Waals surface area contributed by atoms with E-state index in [9.17, 15) is 4.79 Å². The van der Waals surface area contributed by atoms with Gasteiger partial charge in [-0.1, -0.05) is 0 Å². The molecule has 2 N–H and O–H groups in total. The first-order valence-corrected chi connectivity index (χ1v) is 6.74. The fraction of sp³-hybridized carbons (Fsp3) is 0.643. The van der Waals surface area contributed by atoms with Gasteiger partial charge in [-0.25, -0.2) is 0 Å². The molecule has 4 heteroatoms. The molecule has 0 aromatic carbocycles. The van der Waals surface area contributed by atoms with Gasteiger partial charge in [0.05, 0.1) is 6.04 Å². The predicted molar refractivity (Wildman–Crippen MR) is 70.4 cm³/mol. The van der Waals surface area contributed by atoms with E-state index in [-0.39, 0.29) is 18.0 Å². The summed E-state index contributed by atoms with van der Waals surface area (Å²) in [6.07, 6.45) is 3.83. The number of hydrogen-bond donors (Lipinski definition) is 2. The SMILES string of the molecule is Cc1ccc(CCC(C)NC(=O)C2CCCN2)o1. The number of carbonyl (C=O) groups is 1. The van der Waals surface area contributed by atoms with E-state index in [0.717, 1.165) is 43.7 Å². The van der Waals surface area contributed by atoms with Gasteiger partial charge in [0.25, 0.3) is 0 Å². The molecule has 0 spiro atoms. The first-order chi connectivity index (χ1) is 8.65. The van der Waals surface area contributed by atoms with Crippen molar-refractivity contribution in [2.45, 2.75) is 51.6 Å². The quantitative estimate of drug-likeness (QED) is 0.837. The summed E-state index contributed by atoms with van der Waals surface area (Å²) in [5, 5.41) is 6.26. The Hall–Kier alpha value is -1.29. The summed E-state index contributed by atoms with van der Waals surface area (Å²) in [6.45, 7) is 4.95. The molecule has 2 atom stereocenters. The molecule has 1 fully saturated rings. The third-order valence-corrected chi connectivity index (χ3v) is 3.39. The average Bonchev–Trinajstić information content (AvgIpc) is 2.97. The molecule has 18 heavy (non-hydrogen) atoms. The number of hydrogen-bond acceptors (Lipinski definition) is 3. The number of rotatable bonds is 5. The molecule has 4 nitrogen and oxygen atoms in total. The van der Waals surface area contributed by atoms with Gasteiger partial charge in [0, 0.05) is 12.5 Å². The van der Waals surface area contributed by atoms with E-state index >= 15 is 0 Å². The number of nitrogens with one attached hydrogen (secondary N) is 2. The van der Waals surface area contributed by atoms with Crippen molar-refractivity contribution in [1.82, 2.24) is 10.6 Å². The van der Waals surface area contributed by atoms with Crippen molar-refractivity contribution in [3.05, 3.63) is 23.7 Å². The van der Waals surface area contributed by atoms with Crippen LogP contribution in [0.4, 0.5) is 0 Å². The summed E-state index contributed by atoms with van der Waals surface area (Å²) in [6, 6.07) is 4.17. The van der Waals surface area contributed by atoms with E-state index in [1.54, 1.807) is 0 Å². The average molecular weight is 250 g/mol. The highest BCUT2D eigenvalue weighted by Crippen LogP contribution is 2.10. The van der Waals surface area contributed by atoms with Crippen LogP contribution in [0.25, 0.3) is 0 Å². The van der Waals surface area contributed by atoms with E-state index in [1.165, 1.54) is 0 Å². The molecule has 2 unspecified atom stereocenters. The van der Waals surface area contributed by atoms with Gasteiger partial charge in [-0.3, -0.25) is 4.79 Å². The molecule has 1 aliphatic heterocycles. The van der Waals surface area contributed by atoms with Gasteiger partial charge in [0.2, 0.25) is 5.91 Å². The smallest absolute Gasteiger partial charge is 0.237 e. The summed E-state index contributed by atoms with van der Waals surface area (Å²) in [5.74, 6) is 2.07. The molecule has 0 aliphatic carbocycles. The van der Waals surface area contributed by atoms with Gasteiger partial charge >= 0.3 is 0 Å². The topological polar surface area (TPSA) is 54.3 Å². The van der Waals surface area contributed by atoms with Crippen LogP contribution in [-0.4, -0.2) is 24.5 Å². The van der Waals surface area contributed by atoms with Crippen LogP contribution in [0.15, 0.2) is 16.5 Å². The van der Waals surface area contributed by atoms with Gasteiger partial charge in [0.15, 0.2) is 0 Å². The summed E-state index contributed by atoms with van der Waals surface area (Å²) in [7, 11) is 0. The highest BCUT2D eigenvalue weighted by Gasteiger charge is 2.22. The highest BCUT2D eigenvalue weighted by atomic mass is 16.3. The summed E-state index contributed by atoms with van der Waals surface area (Å²) in [5.41, 5.74) is 0. The Bertz CT molecular complexity index is 394. The van der Waals surface area contributed by atoms with E-state index in [1.807, 2.05) is 26.0 Å². The lowest BCUT2D eigenvalue weighted by molar-refractivity contribution is -0.123. The van der Waals surface area contributed by atoms with Crippen molar-refractivity contribution >= 4 is 5.91 Å². The molecule has 1 aromatic heterocycles. The normalized spacial score (nSPS) is 20.9. The highest BCUT2D eigenvalue weighted by molar-refractivity contribution is 5.82. The first-order valence-electron chi connectivity index (χ1n) is 6.74. The molecular weight excluding hydrogens is 228 g/mol. The largest absolute Gasteiger partial charge is 0.466 e. The molecule has 0 saturated carbocycles. The zero-order valence-corrected chi connectivity index (χ0v) is 11.2. The van der Waals surface area contributed by atoms with Crippen molar-refractivity contribution in [1.29, 1.82) is 0 Å². The fourth-order valence-electron chi connectivity index (χ4n) is 2.30. The van der Waals surface area contributed by atoms with Crippen molar-refractivity contribution in [2.24, 2.45) is 0 Å². The van der Waals surface area contributed by atoms with Crippen LogP contribution in [0.3, 0.4) is 0 Å². The van der Waals surface area contributed by atoms with Crippen LogP contribution < -0.4 is 10.6 Å². The second-order valence-electron chi connectivity index (χ2n) is 5.11. The van der Waals surface area contributed by atoms with Crippen LogP contribution >= 0.6 is 0 Å².